The number of phenols is 1. The molecule has 1 unspecified atom stereocenters. The fraction of sp³-hybridized carbons (Fsp3) is 0.125. The van der Waals surface area contributed by atoms with Crippen LogP contribution in [0.15, 0.2) is 57.9 Å². The summed E-state index contributed by atoms with van der Waals surface area (Å²) in [6.07, 6.45) is 0.905. The van der Waals surface area contributed by atoms with Gasteiger partial charge in [-0.05, 0) is 30.2 Å². The molecule has 0 saturated heterocycles. The Labute approximate surface area is 125 Å². The van der Waals surface area contributed by atoms with Crippen molar-refractivity contribution in [1.29, 1.82) is 0 Å². The summed E-state index contributed by atoms with van der Waals surface area (Å²) in [5.41, 5.74) is 2.08. The molecule has 1 N–H and O–H groups in total. The highest BCUT2D eigenvalue weighted by Gasteiger charge is 2.28. The van der Waals surface area contributed by atoms with Gasteiger partial charge in [-0.2, -0.15) is 4.98 Å². The van der Waals surface area contributed by atoms with Gasteiger partial charge < -0.3 is 9.63 Å². The minimum absolute atomic E-state index is 0.168. The van der Waals surface area contributed by atoms with Crippen molar-refractivity contribution in [2.24, 2.45) is 0 Å². The summed E-state index contributed by atoms with van der Waals surface area (Å²) in [4.78, 5) is 5.75. The topological polar surface area (TPSA) is 59.2 Å². The van der Waals surface area contributed by atoms with Crippen LogP contribution in [-0.4, -0.2) is 15.2 Å². The zero-order valence-electron chi connectivity index (χ0n) is 11.1. The van der Waals surface area contributed by atoms with Gasteiger partial charge in [0.15, 0.2) is 0 Å². The van der Waals surface area contributed by atoms with Crippen LogP contribution < -0.4 is 0 Å². The van der Waals surface area contributed by atoms with Gasteiger partial charge in [-0.3, -0.25) is 0 Å². The third-order valence-corrected chi connectivity index (χ3v) is 4.77. The molecule has 1 aromatic heterocycles. The number of fused-ring (bicyclic) bond motifs is 1. The SMILES string of the molecule is Oc1cccc(-c2noc(C3Cc4ccccc4S3)n2)c1. The first-order valence-electron chi connectivity index (χ1n) is 6.67. The number of thioether (sulfide) groups is 1. The number of hydrogen-bond acceptors (Lipinski definition) is 5. The average molecular weight is 296 g/mol. The third kappa shape index (κ3) is 2.29. The molecule has 0 radical (unpaired) electrons. The molecular formula is C16H12N2O2S. The normalized spacial score (nSPS) is 16.9. The number of aromatic nitrogens is 2. The molecule has 0 fully saturated rings. The van der Waals surface area contributed by atoms with Crippen LogP contribution in [0.2, 0.25) is 0 Å². The molecule has 0 aliphatic carbocycles. The van der Waals surface area contributed by atoms with Crippen LogP contribution in [0.1, 0.15) is 16.7 Å². The van der Waals surface area contributed by atoms with Crippen LogP contribution in [0, 0.1) is 0 Å². The number of nitrogens with zero attached hydrogens (tertiary/aromatic N) is 2. The van der Waals surface area contributed by atoms with Gasteiger partial charge in [0.25, 0.3) is 0 Å². The first-order chi connectivity index (χ1) is 10.3. The second-order valence-electron chi connectivity index (χ2n) is 4.92. The molecule has 0 bridgehead atoms. The van der Waals surface area contributed by atoms with Crippen molar-refractivity contribution >= 4 is 11.8 Å². The maximum atomic E-state index is 9.52. The van der Waals surface area contributed by atoms with Crippen molar-refractivity contribution in [2.75, 3.05) is 0 Å². The zero-order valence-corrected chi connectivity index (χ0v) is 11.9. The van der Waals surface area contributed by atoms with Gasteiger partial charge in [0.05, 0.1) is 5.25 Å². The summed E-state index contributed by atoms with van der Waals surface area (Å²) in [5, 5.41) is 13.7. The number of aromatic hydroxyl groups is 1. The number of benzene rings is 2. The highest BCUT2D eigenvalue weighted by Crippen LogP contribution is 2.45. The van der Waals surface area contributed by atoms with E-state index in [1.54, 1.807) is 30.0 Å². The summed E-state index contributed by atoms with van der Waals surface area (Å²) in [5.74, 6) is 1.34. The molecule has 0 saturated carbocycles. The van der Waals surface area contributed by atoms with Gasteiger partial charge >= 0.3 is 0 Å². The second kappa shape index (κ2) is 4.93. The Bertz CT molecular complexity index is 775. The fourth-order valence-corrected chi connectivity index (χ4v) is 3.67. The van der Waals surface area contributed by atoms with Gasteiger partial charge in [-0.25, -0.2) is 0 Å². The van der Waals surface area contributed by atoms with Crippen LogP contribution >= 0.6 is 11.8 Å². The Morgan fingerprint density at radius 2 is 2.05 bits per heavy atom. The van der Waals surface area contributed by atoms with E-state index in [1.807, 2.05) is 18.2 Å². The van der Waals surface area contributed by atoms with Crippen molar-refractivity contribution in [3.63, 3.8) is 0 Å². The van der Waals surface area contributed by atoms with E-state index in [1.165, 1.54) is 10.5 Å². The lowest BCUT2D eigenvalue weighted by Crippen LogP contribution is -1.92. The molecule has 21 heavy (non-hydrogen) atoms. The van der Waals surface area contributed by atoms with Gasteiger partial charge in [0.2, 0.25) is 11.7 Å². The maximum absolute atomic E-state index is 9.52. The molecule has 3 aromatic rings. The largest absolute Gasteiger partial charge is 0.508 e. The fourth-order valence-electron chi connectivity index (χ4n) is 2.45. The van der Waals surface area contributed by atoms with Crippen LogP contribution in [0.3, 0.4) is 0 Å². The molecule has 1 aliphatic rings. The van der Waals surface area contributed by atoms with Crippen LogP contribution in [0.25, 0.3) is 11.4 Å². The van der Waals surface area contributed by atoms with Crippen molar-refractivity contribution in [1.82, 2.24) is 10.1 Å². The van der Waals surface area contributed by atoms with Crippen molar-refractivity contribution in [2.45, 2.75) is 16.6 Å². The van der Waals surface area contributed by atoms with E-state index >= 15 is 0 Å². The van der Waals surface area contributed by atoms with Crippen molar-refractivity contribution < 1.29 is 9.63 Å². The van der Waals surface area contributed by atoms with E-state index in [9.17, 15) is 5.11 Å². The van der Waals surface area contributed by atoms with Crippen LogP contribution in [-0.2, 0) is 6.42 Å². The molecule has 0 amide bonds. The molecule has 2 aromatic carbocycles. The Morgan fingerprint density at radius 3 is 2.90 bits per heavy atom. The van der Waals surface area contributed by atoms with Crippen LogP contribution in [0.4, 0.5) is 0 Å². The third-order valence-electron chi connectivity index (χ3n) is 3.47. The smallest absolute Gasteiger partial charge is 0.240 e. The Kier molecular flexibility index (Phi) is 2.93. The van der Waals surface area contributed by atoms with E-state index in [0.717, 1.165) is 12.0 Å². The van der Waals surface area contributed by atoms with Crippen molar-refractivity contribution in [3.05, 3.63) is 60.0 Å². The molecular weight excluding hydrogens is 284 g/mol. The number of rotatable bonds is 2. The van der Waals surface area contributed by atoms with Gasteiger partial charge in [0.1, 0.15) is 5.75 Å². The molecule has 2 heterocycles. The van der Waals surface area contributed by atoms with Crippen molar-refractivity contribution in [3.8, 4) is 17.1 Å². The van der Waals surface area contributed by atoms with E-state index < -0.39 is 0 Å². The quantitative estimate of drug-likeness (QED) is 0.778. The summed E-state index contributed by atoms with van der Waals surface area (Å²) < 4.78 is 5.41. The monoisotopic (exact) mass is 296 g/mol. The highest BCUT2D eigenvalue weighted by atomic mass is 32.2. The molecule has 1 atom stereocenters. The molecule has 4 rings (SSSR count). The molecule has 104 valence electrons. The Morgan fingerprint density at radius 1 is 1.14 bits per heavy atom. The Hall–Kier alpha value is -2.27. The van der Waals surface area contributed by atoms with Crippen LogP contribution in [0.5, 0.6) is 5.75 Å². The standard InChI is InChI=1S/C16H12N2O2S/c19-12-6-3-5-11(8-12)15-17-16(20-18-15)14-9-10-4-1-2-7-13(10)21-14/h1-8,14,19H,9H2. The lowest BCUT2D eigenvalue weighted by molar-refractivity contribution is 0.377. The lowest BCUT2D eigenvalue weighted by atomic mass is 10.1. The summed E-state index contributed by atoms with van der Waals surface area (Å²) in [6, 6.07) is 15.2. The minimum atomic E-state index is 0.168. The molecule has 4 nitrogen and oxygen atoms in total. The second-order valence-corrected chi connectivity index (χ2v) is 6.17. The van der Waals surface area contributed by atoms with Gasteiger partial charge in [0, 0.05) is 10.5 Å². The van der Waals surface area contributed by atoms with E-state index in [0.29, 0.717) is 11.7 Å². The lowest BCUT2D eigenvalue weighted by Gasteiger charge is -1.99. The predicted octanol–water partition coefficient (Wildman–Crippen LogP) is 3.83. The molecule has 5 heteroatoms. The molecule has 1 aliphatic heterocycles. The van der Waals surface area contributed by atoms with E-state index in [-0.39, 0.29) is 11.0 Å². The van der Waals surface area contributed by atoms with Gasteiger partial charge in [-0.1, -0.05) is 35.5 Å². The summed E-state index contributed by atoms with van der Waals surface area (Å²) >= 11 is 1.76. The first-order valence-corrected chi connectivity index (χ1v) is 7.55. The zero-order chi connectivity index (χ0) is 14.2. The predicted molar refractivity (Wildman–Crippen MR) is 80.1 cm³/mol. The average Bonchev–Trinajstić information content (AvgIpc) is 3.14. The van der Waals surface area contributed by atoms with Gasteiger partial charge in [-0.15, -0.1) is 11.8 Å². The number of phenolic OH excluding ortho intramolecular Hbond substituents is 1. The van der Waals surface area contributed by atoms with E-state index in [2.05, 4.69) is 22.3 Å². The summed E-state index contributed by atoms with van der Waals surface area (Å²) in [6.45, 7) is 0. The Balaban J connectivity index is 1.62. The molecule has 0 spiro atoms. The number of hydrogen-bond donors (Lipinski definition) is 1. The highest BCUT2D eigenvalue weighted by molar-refractivity contribution is 7.99. The van der Waals surface area contributed by atoms with E-state index in [4.69, 9.17) is 4.52 Å². The first kappa shape index (κ1) is 12.5. The minimum Gasteiger partial charge on any atom is -0.508 e. The maximum Gasteiger partial charge on any atom is 0.240 e. The summed E-state index contributed by atoms with van der Waals surface area (Å²) in [7, 11) is 0.